The van der Waals surface area contributed by atoms with Crippen molar-refractivity contribution in [3.8, 4) is 0 Å². The van der Waals surface area contributed by atoms with Crippen LogP contribution in [-0.2, 0) is 0 Å². The third-order valence-electron chi connectivity index (χ3n) is 7.25. The van der Waals surface area contributed by atoms with E-state index in [1.165, 1.54) is 6.92 Å². The molecule has 5 heterocycles. The van der Waals surface area contributed by atoms with Crippen molar-refractivity contribution in [1.82, 2.24) is 19.9 Å². The van der Waals surface area contributed by atoms with Crippen LogP contribution >= 0.6 is 0 Å². The van der Waals surface area contributed by atoms with E-state index in [1.807, 2.05) is 18.5 Å². The third-order valence-corrected chi connectivity index (χ3v) is 7.25. The number of hydrogen-bond acceptors (Lipinski definition) is 9. The summed E-state index contributed by atoms with van der Waals surface area (Å²) in [7, 11) is 0. The smallest absolute Gasteiger partial charge is 0.227 e. The Morgan fingerprint density at radius 1 is 1.14 bits per heavy atom. The maximum atomic E-state index is 14.7. The molecule has 192 valence electrons. The van der Waals surface area contributed by atoms with Crippen molar-refractivity contribution in [2.45, 2.75) is 51.3 Å². The Balaban J connectivity index is 1.40. The Labute approximate surface area is 210 Å². The zero-order valence-corrected chi connectivity index (χ0v) is 21.0. The number of nitrogens with zero attached hydrogens (tertiary/aromatic N) is 6. The van der Waals surface area contributed by atoms with Crippen LogP contribution < -0.4 is 15.1 Å². The molecule has 2 fully saturated rings. The minimum atomic E-state index is -1.71. The van der Waals surface area contributed by atoms with Crippen molar-refractivity contribution in [3.63, 3.8) is 0 Å². The zero-order chi connectivity index (χ0) is 25.4. The fourth-order valence-electron chi connectivity index (χ4n) is 5.04. The molecule has 0 saturated carbocycles. The van der Waals surface area contributed by atoms with Gasteiger partial charge in [-0.05, 0) is 54.7 Å². The number of hydrogen-bond donors (Lipinski definition) is 3. The first kappa shape index (κ1) is 24.6. The topological polar surface area (TPSA) is 111 Å². The van der Waals surface area contributed by atoms with Crippen LogP contribution in [0.1, 0.15) is 45.1 Å². The lowest BCUT2D eigenvalue weighted by atomic mass is 9.94. The first-order valence-corrected chi connectivity index (χ1v) is 12.6. The van der Waals surface area contributed by atoms with Crippen LogP contribution in [0.25, 0.3) is 10.8 Å². The van der Waals surface area contributed by atoms with E-state index in [2.05, 4.69) is 39.0 Å². The average Bonchev–Trinajstić information content (AvgIpc) is 2.82. The lowest BCUT2D eigenvalue weighted by Gasteiger charge is -2.40. The maximum Gasteiger partial charge on any atom is 0.227 e. The minimum Gasteiger partial charge on any atom is -0.396 e. The molecule has 0 amide bonds. The molecule has 9 nitrogen and oxygen atoms in total. The predicted molar refractivity (Wildman–Crippen MR) is 139 cm³/mol. The van der Waals surface area contributed by atoms with Gasteiger partial charge in [0.15, 0.2) is 5.67 Å². The largest absolute Gasteiger partial charge is 0.396 e. The number of halogens is 1. The van der Waals surface area contributed by atoms with Crippen LogP contribution in [0.2, 0.25) is 0 Å². The van der Waals surface area contributed by atoms with Crippen LogP contribution in [0.4, 0.5) is 27.8 Å². The molecule has 0 aromatic carbocycles. The molecule has 5 rings (SSSR count). The molecule has 0 bridgehead atoms. The Bertz CT molecular complexity index is 1230. The monoisotopic (exact) mass is 495 g/mol. The van der Waals surface area contributed by atoms with Gasteiger partial charge in [-0.1, -0.05) is 13.8 Å². The molecule has 10 heteroatoms. The molecule has 36 heavy (non-hydrogen) atoms. The van der Waals surface area contributed by atoms with Crippen molar-refractivity contribution < 1.29 is 14.6 Å². The minimum absolute atomic E-state index is 0.0367. The Morgan fingerprint density at radius 2 is 1.94 bits per heavy atom. The molecule has 3 aromatic heterocycles. The number of fused-ring (bicyclic) bond motifs is 1. The number of anilines is 4. The van der Waals surface area contributed by atoms with Crippen LogP contribution in [-0.4, -0.2) is 74.7 Å². The van der Waals surface area contributed by atoms with Gasteiger partial charge in [-0.3, -0.25) is 0 Å². The number of piperidine rings is 1. The van der Waals surface area contributed by atoms with Gasteiger partial charge in [0.05, 0.1) is 12.6 Å². The third kappa shape index (κ3) is 4.79. The Kier molecular flexibility index (Phi) is 6.65. The van der Waals surface area contributed by atoms with Gasteiger partial charge in [-0.25, -0.2) is 19.3 Å². The highest BCUT2D eigenvalue weighted by molar-refractivity contribution is 5.96. The van der Waals surface area contributed by atoms with Gasteiger partial charge in [-0.15, -0.1) is 0 Å². The van der Waals surface area contributed by atoms with Gasteiger partial charge in [0.1, 0.15) is 17.5 Å². The number of pyridine rings is 2. The van der Waals surface area contributed by atoms with Crippen molar-refractivity contribution in [2.24, 2.45) is 5.92 Å². The van der Waals surface area contributed by atoms with Gasteiger partial charge >= 0.3 is 0 Å². The fourth-order valence-corrected chi connectivity index (χ4v) is 5.04. The lowest BCUT2D eigenvalue weighted by molar-refractivity contribution is -0.00860. The molecule has 0 aliphatic carbocycles. The molecule has 2 aliphatic rings. The summed E-state index contributed by atoms with van der Waals surface area (Å²) in [6.07, 6.45) is 5.60. The second-order valence-electron chi connectivity index (χ2n) is 10.5. The molecular weight excluding hydrogens is 461 g/mol. The summed E-state index contributed by atoms with van der Waals surface area (Å²) in [5, 5.41) is 24.5. The van der Waals surface area contributed by atoms with Crippen molar-refractivity contribution in [3.05, 3.63) is 36.3 Å². The maximum absolute atomic E-state index is 14.7. The van der Waals surface area contributed by atoms with Gasteiger partial charge in [0.25, 0.3) is 0 Å². The average molecular weight is 496 g/mol. The molecule has 2 saturated heterocycles. The number of aliphatic hydroxyl groups is 2. The zero-order valence-electron chi connectivity index (χ0n) is 21.0. The van der Waals surface area contributed by atoms with E-state index in [-0.39, 0.29) is 19.1 Å². The summed E-state index contributed by atoms with van der Waals surface area (Å²) in [6.45, 7) is 8.22. The SMILES string of the molecule is CC(C)c1cnc(N2CC(CCO)C2)c2cnc(Nc3ccnc(N4CC[C@@H](O)[C@@](C)(F)C4)n3)cc12. The van der Waals surface area contributed by atoms with Crippen LogP contribution in [0, 0.1) is 5.92 Å². The number of nitrogens with one attached hydrogen (secondary N) is 1. The molecular formula is C26H34FN7O2. The first-order valence-electron chi connectivity index (χ1n) is 12.6. The number of aromatic nitrogens is 4. The highest BCUT2D eigenvalue weighted by Crippen LogP contribution is 2.35. The fraction of sp³-hybridized carbons (Fsp3) is 0.538. The van der Waals surface area contributed by atoms with Gasteiger partial charge in [0, 0.05) is 50.2 Å². The number of alkyl halides is 1. The molecule has 0 spiro atoms. The quantitative estimate of drug-likeness (QED) is 0.454. The summed E-state index contributed by atoms with van der Waals surface area (Å²) >= 11 is 0. The molecule has 0 radical (unpaired) electrons. The van der Waals surface area contributed by atoms with Crippen LogP contribution in [0.5, 0.6) is 0 Å². The summed E-state index contributed by atoms with van der Waals surface area (Å²) in [5.74, 6) is 3.34. The Hall–Kier alpha value is -3.11. The van der Waals surface area contributed by atoms with Gasteiger partial charge < -0.3 is 25.3 Å². The summed E-state index contributed by atoms with van der Waals surface area (Å²) in [4.78, 5) is 22.3. The van der Waals surface area contributed by atoms with E-state index in [9.17, 15) is 14.6 Å². The van der Waals surface area contributed by atoms with E-state index >= 15 is 0 Å². The van der Waals surface area contributed by atoms with E-state index < -0.39 is 11.8 Å². The highest BCUT2D eigenvalue weighted by atomic mass is 19.1. The lowest BCUT2D eigenvalue weighted by Crippen LogP contribution is -2.52. The van der Waals surface area contributed by atoms with E-state index in [1.54, 1.807) is 17.2 Å². The van der Waals surface area contributed by atoms with Gasteiger partial charge in [0.2, 0.25) is 5.95 Å². The molecule has 2 atom stereocenters. The number of aliphatic hydroxyl groups excluding tert-OH is 2. The summed E-state index contributed by atoms with van der Waals surface area (Å²) in [5.41, 5.74) is -0.567. The molecule has 2 aliphatic heterocycles. The van der Waals surface area contributed by atoms with Crippen LogP contribution in [0.3, 0.4) is 0 Å². The predicted octanol–water partition coefficient (Wildman–Crippen LogP) is 3.40. The normalized spacial score (nSPS) is 22.8. The second-order valence-corrected chi connectivity index (χ2v) is 10.5. The first-order chi connectivity index (χ1) is 17.2. The standard InChI is InChI=1S/C26H34FN7O2/c1-16(2)19-11-30-24(34-13-17(14-34)6-9-35)20-12-29-23(10-18(19)20)31-22-4-7-28-25(32-22)33-8-5-21(36)26(3,27)15-33/h4,7,10-12,16-17,21,35-36H,5-6,8-9,13-15H2,1-3H3,(H,28,29,31,32)/t21-,26+/m1/s1. The molecule has 3 aromatic rings. The van der Waals surface area contributed by atoms with Crippen molar-refractivity contribution in [1.29, 1.82) is 0 Å². The summed E-state index contributed by atoms with van der Waals surface area (Å²) in [6, 6.07) is 3.78. The van der Waals surface area contributed by atoms with E-state index in [4.69, 9.17) is 4.98 Å². The second kappa shape index (κ2) is 9.74. The van der Waals surface area contributed by atoms with Crippen molar-refractivity contribution in [2.75, 3.05) is 47.9 Å². The van der Waals surface area contributed by atoms with E-state index in [0.29, 0.717) is 36.5 Å². The molecule has 3 N–H and O–H groups in total. The summed E-state index contributed by atoms with van der Waals surface area (Å²) < 4.78 is 14.7. The Morgan fingerprint density at radius 3 is 2.67 bits per heavy atom. The van der Waals surface area contributed by atoms with Gasteiger partial charge in [-0.2, -0.15) is 4.98 Å². The molecule has 0 unspecified atom stereocenters. The van der Waals surface area contributed by atoms with E-state index in [0.717, 1.165) is 41.7 Å². The van der Waals surface area contributed by atoms with Crippen molar-refractivity contribution >= 4 is 34.2 Å². The van der Waals surface area contributed by atoms with Crippen LogP contribution in [0.15, 0.2) is 30.7 Å². The highest BCUT2D eigenvalue weighted by Gasteiger charge is 2.39. The number of rotatable bonds is 7.